The molecule has 0 aromatic heterocycles. The van der Waals surface area contributed by atoms with Gasteiger partial charge in [-0.05, 0) is 49.9 Å². The zero-order valence-corrected chi connectivity index (χ0v) is 9.85. The van der Waals surface area contributed by atoms with Crippen molar-refractivity contribution in [3.05, 3.63) is 0 Å². The molecule has 0 aromatic rings. The van der Waals surface area contributed by atoms with Crippen LogP contribution in [0.4, 0.5) is 4.79 Å². The van der Waals surface area contributed by atoms with Crippen molar-refractivity contribution in [3.8, 4) is 0 Å². The molecule has 2 amide bonds. The Balaban J connectivity index is 1.50. The Bertz CT molecular complexity index is 355. The van der Waals surface area contributed by atoms with E-state index in [1.165, 1.54) is 26.2 Å². The minimum absolute atomic E-state index is 0.308. The first-order valence-electron chi connectivity index (χ1n) is 6.37. The van der Waals surface area contributed by atoms with Gasteiger partial charge in [-0.25, -0.2) is 4.79 Å². The van der Waals surface area contributed by atoms with Crippen molar-refractivity contribution in [3.63, 3.8) is 0 Å². The van der Waals surface area contributed by atoms with Crippen LogP contribution in [0.2, 0.25) is 0 Å². The summed E-state index contributed by atoms with van der Waals surface area (Å²) in [6, 6.07) is -0.855. The summed E-state index contributed by atoms with van der Waals surface area (Å²) in [6.45, 7) is 1.47. The third kappa shape index (κ3) is 1.68. The molecule has 0 saturated heterocycles. The van der Waals surface area contributed by atoms with Gasteiger partial charge in [0.2, 0.25) is 0 Å². The molecule has 3 aliphatic carbocycles. The number of fused-ring (bicyclic) bond motifs is 5. The van der Waals surface area contributed by atoms with E-state index in [4.69, 9.17) is 5.11 Å². The van der Waals surface area contributed by atoms with Gasteiger partial charge in [0.25, 0.3) is 0 Å². The fraction of sp³-hybridized carbons (Fsp3) is 0.833. The van der Waals surface area contributed by atoms with Crippen LogP contribution < -0.4 is 10.6 Å². The van der Waals surface area contributed by atoms with Gasteiger partial charge < -0.3 is 15.7 Å². The summed E-state index contributed by atoms with van der Waals surface area (Å²) in [4.78, 5) is 22.2. The minimum atomic E-state index is -1.00. The molecule has 5 nitrogen and oxygen atoms in total. The summed E-state index contributed by atoms with van der Waals surface area (Å²) in [6.07, 6.45) is 3.98. The maximum Gasteiger partial charge on any atom is 0.325 e. The molecule has 3 saturated carbocycles. The monoisotopic (exact) mass is 238 g/mol. The second-order valence-corrected chi connectivity index (χ2v) is 5.69. The van der Waals surface area contributed by atoms with E-state index in [0.29, 0.717) is 17.9 Å². The van der Waals surface area contributed by atoms with Crippen LogP contribution in [0.25, 0.3) is 0 Å². The largest absolute Gasteiger partial charge is 0.480 e. The van der Waals surface area contributed by atoms with Gasteiger partial charge in [0, 0.05) is 6.04 Å². The molecule has 5 atom stereocenters. The van der Waals surface area contributed by atoms with E-state index in [2.05, 4.69) is 10.6 Å². The number of rotatable bonds is 3. The van der Waals surface area contributed by atoms with Gasteiger partial charge in [-0.1, -0.05) is 0 Å². The van der Waals surface area contributed by atoms with E-state index in [-0.39, 0.29) is 6.03 Å². The molecule has 2 bridgehead atoms. The fourth-order valence-corrected chi connectivity index (χ4v) is 3.97. The number of carboxylic acids is 1. The Morgan fingerprint density at radius 1 is 1.24 bits per heavy atom. The van der Waals surface area contributed by atoms with Crippen molar-refractivity contribution < 1.29 is 14.7 Å². The van der Waals surface area contributed by atoms with Crippen molar-refractivity contribution in [1.29, 1.82) is 0 Å². The topological polar surface area (TPSA) is 78.4 Å². The lowest BCUT2D eigenvalue weighted by Crippen LogP contribution is -2.46. The van der Waals surface area contributed by atoms with Crippen molar-refractivity contribution >= 4 is 12.0 Å². The summed E-state index contributed by atoms with van der Waals surface area (Å²) in [7, 11) is 0. The molecule has 3 N–H and O–H groups in total. The molecule has 0 aromatic carbocycles. The molecule has 3 fully saturated rings. The molecule has 0 aliphatic heterocycles. The fourth-order valence-electron chi connectivity index (χ4n) is 3.97. The van der Waals surface area contributed by atoms with Gasteiger partial charge >= 0.3 is 12.0 Å². The lowest BCUT2D eigenvalue weighted by molar-refractivity contribution is -0.138. The second kappa shape index (κ2) is 3.62. The van der Waals surface area contributed by atoms with E-state index < -0.39 is 12.0 Å². The first-order chi connectivity index (χ1) is 8.08. The van der Waals surface area contributed by atoms with Gasteiger partial charge in [0.05, 0.1) is 0 Å². The Morgan fingerprint density at radius 2 is 1.82 bits per heavy atom. The number of aliphatic carboxylic acids is 1. The van der Waals surface area contributed by atoms with Crippen molar-refractivity contribution in [2.45, 2.75) is 38.3 Å². The van der Waals surface area contributed by atoms with Crippen LogP contribution in [0.3, 0.4) is 0 Å². The number of carboxylic acid groups (broad SMARTS) is 1. The highest BCUT2D eigenvalue weighted by Gasteiger charge is 2.65. The highest BCUT2D eigenvalue weighted by molar-refractivity contribution is 5.82. The smallest absolute Gasteiger partial charge is 0.325 e. The summed E-state index contributed by atoms with van der Waals surface area (Å²) < 4.78 is 0. The summed E-state index contributed by atoms with van der Waals surface area (Å²) in [5.41, 5.74) is 0. The first-order valence-corrected chi connectivity index (χ1v) is 6.37. The normalized spacial score (nSPS) is 42.8. The van der Waals surface area contributed by atoms with Crippen LogP contribution >= 0.6 is 0 Å². The number of hydrogen-bond donors (Lipinski definition) is 3. The second-order valence-electron chi connectivity index (χ2n) is 5.69. The van der Waals surface area contributed by atoms with Crippen molar-refractivity contribution in [1.82, 2.24) is 10.6 Å². The number of amides is 2. The number of nitrogens with one attached hydrogen (secondary N) is 2. The number of urea groups is 1. The molecular formula is C12H18N2O3. The number of carbonyl (C=O) groups is 2. The lowest BCUT2D eigenvalue weighted by Gasteiger charge is -2.13. The Morgan fingerprint density at radius 3 is 2.35 bits per heavy atom. The van der Waals surface area contributed by atoms with Gasteiger partial charge in [0.1, 0.15) is 6.04 Å². The molecule has 94 valence electrons. The molecule has 0 radical (unpaired) electrons. The highest BCUT2D eigenvalue weighted by atomic mass is 16.4. The predicted molar refractivity (Wildman–Crippen MR) is 60.4 cm³/mol. The molecular weight excluding hydrogens is 220 g/mol. The van der Waals surface area contributed by atoms with Gasteiger partial charge in [-0.15, -0.1) is 0 Å². The Hall–Kier alpha value is -1.26. The molecule has 17 heavy (non-hydrogen) atoms. The van der Waals surface area contributed by atoms with E-state index in [0.717, 1.165) is 11.8 Å². The SMILES string of the molecule is C[C@H](NC(=O)NC1C2C3CCC(C3)C12)C(=O)O. The van der Waals surface area contributed by atoms with Gasteiger partial charge in [0.15, 0.2) is 0 Å². The molecule has 3 aliphatic rings. The molecule has 0 heterocycles. The van der Waals surface area contributed by atoms with E-state index >= 15 is 0 Å². The average Bonchev–Trinajstić information content (AvgIpc) is 2.70. The van der Waals surface area contributed by atoms with Gasteiger partial charge in [-0.3, -0.25) is 4.79 Å². The third-order valence-electron chi connectivity index (χ3n) is 4.75. The summed E-state index contributed by atoms with van der Waals surface area (Å²) >= 11 is 0. The standard InChI is InChI=1S/C12H18N2O3/c1-5(11(15)16)13-12(17)14-10-8-6-2-3-7(4-6)9(8)10/h5-10H,2-4H2,1H3,(H,15,16)(H2,13,14,17)/t5-,6?,7?,8?,9?,10?/m0/s1. The quantitative estimate of drug-likeness (QED) is 0.680. The van der Waals surface area contributed by atoms with Crippen LogP contribution in [0.5, 0.6) is 0 Å². The molecule has 5 heteroatoms. The van der Waals surface area contributed by atoms with E-state index in [1.54, 1.807) is 0 Å². The zero-order valence-electron chi connectivity index (χ0n) is 9.85. The number of carbonyl (C=O) groups excluding carboxylic acids is 1. The predicted octanol–water partition coefficient (Wildman–Crippen LogP) is 0.803. The molecule has 3 rings (SSSR count). The highest BCUT2D eigenvalue weighted by Crippen LogP contribution is 2.65. The Kier molecular flexibility index (Phi) is 2.31. The van der Waals surface area contributed by atoms with Crippen molar-refractivity contribution in [2.75, 3.05) is 0 Å². The van der Waals surface area contributed by atoms with Crippen LogP contribution in [-0.4, -0.2) is 29.2 Å². The van der Waals surface area contributed by atoms with Crippen LogP contribution in [0.15, 0.2) is 0 Å². The first kappa shape index (κ1) is 10.9. The van der Waals surface area contributed by atoms with E-state index in [1.807, 2.05) is 0 Å². The zero-order chi connectivity index (χ0) is 12.2. The summed E-state index contributed by atoms with van der Waals surface area (Å²) in [5.74, 6) is 1.98. The number of hydrogen-bond acceptors (Lipinski definition) is 2. The van der Waals surface area contributed by atoms with Crippen molar-refractivity contribution in [2.24, 2.45) is 23.7 Å². The van der Waals surface area contributed by atoms with Crippen LogP contribution in [0, 0.1) is 23.7 Å². The minimum Gasteiger partial charge on any atom is -0.480 e. The lowest BCUT2D eigenvalue weighted by atomic mass is 10.0. The molecule has 4 unspecified atom stereocenters. The molecule has 0 spiro atoms. The third-order valence-corrected chi connectivity index (χ3v) is 4.75. The van der Waals surface area contributed by atoms with Gasteiger partial charge in [-0.2, -0.15) is 0 Å². The van der Waals surface area contributed by atoms with E-state index in [9.17, 15) is 9.59 Å². The maximum atomic E-state index is 11.6. The van der Waals surface area contributed by atoms with Crippen LogP contribution in [0.1, 0.15) is 26.2 Å². The average molecular weight is 238 g/mol. The Labute approximate surface area is 100.0 Å². The van der Waals surface area contributed by atoms with Crippen LogP contribution in [-0.2, 0) is 4.79 Å². The summed E-state index contributed by atoms with van der Waals surface area (Å²) in [5, 5.41) is 14.1. The maximum absolute atomic E-state index is 11.6.